The Morgan fingerprint density at radius 2 is 0.851 bits per heavy atom. The van der Waals surface area contributed by atoms with Crippen LogP contribution in [0.1, 0.15) is 0 Å². The van der Waals surface area contributed by atoms with E-state index in [-0.39, 0.29) is 0 Å². The summed E-state index contributed by atoms with van der Waals surface area (Å²) >= 11 is 0. The van der Waals surface area contributed by atoms with E-state index in [9.17, 15) is 0 Å². The molecule has 9 aromatic rings. The van der Waals surface area contributed by atoms with E-state index in [1.54, 1.807) is 0 Å². The van der Waals surface area contributed by atoms with Crippen LogP contribution in [0.3, 0.4) is 0 Å². The largest absolute Gasteiger partial charge is 0.455 e. The minimum absolute atomic E-state index is 0.918. The van der Waals surface area contributed by atoms with Crippen LogP contribution in [0, 0.1) is 0 Å². The van der Waals surface area contributed by atoms with Crippen molar-refractivity contribution in [2.45, 2.75) is 0 Å². The predicted molar refractivity (Wildman–Crippen MR) is 197 cm³/mol. The van der Waals surface area contributed by atoms with E-state index in [1.165, 1.54) is 66.4 Å². The van der Waals surface area contributed by atoms with Crippen LogP contribution in [-0.2, 0) is 0 Å². The Kier molecular flexibility index (Phi) is 5.64. The van der Waals surface area contributed by atoms with Crippen molar-refractivity contribution in [1.29, 1.82) is 0 Å². The summed E-state index contributed by atoms with van der Waals surface area (Å²) in [4.78, 5) is 0. The highest BCUT2D eigenvalue weighted by molar-refractivity contribution is 6.22. The molecule has 1 heteroatoms. The van der Waals surface area contributed by atoms with Gasteiger partial charge in [0.25, 0.3) is 0 Å². The van der Waals surface area contributed by atoms with Gasteiger partial charge in [0.15, 0.2) is 0 Å². The summed E-state index contributed by atoms with van der Waals surface area (Å²) in [6.45, 7) is 0. The number of hydrogen-bond donors (Lipinski definition) is 0. The van der Waals surface area contributed by atoms with Crippen LogP contribution in [0.2, 0.25) is 0 Å². The Labute approximate surface area is 273 Å². The molecule has 0 radical (unpaired) electrons. The van der Waals surface area contributed by atoms with Crippen LogP contribution in [-0.4, -0.2) is 0 Å². The molecule has 0 amide bonds. The number of fused-ring (bicyclic) bond motifs is 6. The van der Waals surface area contributed by atoms with Gasteiger partial charge in [0, 0.05) is 16.3 Å². The molecule has 0 unspecified atom stereocenters. The van der Waals surface area contributed by atoms with Gasteiger partial charge in [0.1, 0.15) is 11.2 Å². The average Bonchev–Trinajstić information content (AvgIpc) is 3.69. The summed E-state index contributed by atoms with van der Waals surface area (Å²) in [6, 6.07) is 61.4. The van der Waals surface area contributed by atoms with Gasteiger partial charge in [-0.05, 0) is 84.1 Å². The highest BCUT2D eigenvalue weighted by Gasteiger charge is 2.30. The van der Waals surface area contributed by atoms with Gasteiger partial charge in [-0.3, -0.25) is 0 Å². The standard InChI is InChI=1S/C46H28O/c1-3-12-29(13-4-1)40-28-39(31-26-24-30(25-27-31)34-19-11-20-36-35-18-7-8-23-41(35)47-46(34)36)43(33-14-5-2-6-15-33)45-38-22-10-17-32-16-9-21-37(42(32)38)44(40)45/h1-28H. The Morgan fingerprint density at radius 3 is 1.60 bits per heavy atom. The maximum absolute atomic E-state index is 6.40. The van der Waals surface area contributed by atoms with Crippen molar-refractivity contribution in [3.05, 3.63) is 170 Å². The minimum Gasteiger partial charge on any atom is -0.455 e. The Morgan fingerprint density at radius 1 is 0.319 bits per heavy atom. The van der Waals surface area contributed by atoms with Crippen molar-refractivity contribution in [3.8, 4) is 66.8 Å². The zero-order valence-corrected chi connectivity index (χ0v) is 25.6. The van der Waals surface area contributed by atoms with Crippen molar-refractivity contribution in [1.82, 2.24) is 0 Å². The topological polar surface area (TPSA) is 13.1 Å². The lowest BCUT2D eigenvalue weighted by molar-refractivity contribution is 0.670. The van der Waals surface area contributed by atoms with Gasteiger partial charge in [-0.15, -0.1) is 0 Å². The van der Waals surface area contributed by atoms with Crippen molar-refractivity contribution in [2.24, 2.45) is 0 Å². The fraction of sp³-hybridized carbons (Fsp3) is 0. The lowest BCUT2D eigenvalue weighted by Crippen LogP contribution is -1.94. The van der Waals surface area contributed by atoms with Gasteiger partial charge < -0.3 is 4.42 Å². The van der Waals surface area contributed by atoms with Crippen molar-refractivity contribution in [3.63, 3.8) is 0 Å². The van der Waals surface area contributed by atoms with E-state index in [0.29, 0.717) is 0 Å². The lowest BCUT2D eigenvalue weighted by atomic mass is 9.82. The highest BCUT2D eigenvalue weighted by atomic mass is 16.3. The van der Waals surface area contributed by atoms with E-state index >= 15 is 0 Å². The first-order valence-electron chi connectivity index (χ1n) is 16.2. The molecule has 1 aliphatic rings. The summed E-state index contributed by atoms with van der Waals surface area (Å²) in [7, 11) is 0. The van der Waals surface area contributed by atoms with Crippen LogP contribution in [0.25, 0.3) is 99.5 Å². The third-order valence-electron chi connectivity index (χ3n) is 9.83. The van der Waals surface area contributed by atoms with Crippen LogP contribution in [0.4, 0.5) is 0 Å². The van der Waals surface area contributed by atoms with E-state index in [2.05, 4.69) is 158 Å². The number of hydrogen-bond acceptors (Lipinski definition) is 1. The Hall–Kier alpha value is -6.18. The van der Waals surface area contributed by atoms with Crippen LogP contribution >= 0.6 is 0 Å². The first-order chi connectivity index (χ1) is 23.3. The molecule has 8 aromatic carbocycles. The summed E-state index contributed by atoms with van der Waals surface area (Å²) in [5.74, 6) is 0. The molecular formula is C46H28O. The van der Waals surface area contributed by atoms with Gasteiger partial charge in [-0.25, -0.2) is 0 Å². The molecule has 1 heterocycles. The molecule has 0 saturated heterocycles. The predicted octanol–water partition coefficient (Wildman–Crippen LogP) is 13.1. The fourth-order valence-corrected chi connectivity index (χ4v) is 7.77. The van der Waals surface area contributed by atoms with E-state index < -0.39 is 0 Å². The zero-order chi connectivity index (χ0) is 30.9. The van der Waals surface area contributed by atoms with Crippen LogP contribution in [0.15, 0.2) is 174 Å². The summed E-state index contributed by atoms with van der Waals surface area (Å²) < 4.78 is 6.40. The minimum atomic E-state index is 0.918. The number of para-hydroxylation sites is 2. The molecule has 1 aliphatic carbocycles. The SMILES string of the molecule is c1ccc(-c2cc(-c3ccc(-c4cccc5c4oc4ccccc45)cc3)c(-c3ccccc3)c3c2-c2cccc4cccc-3c24)cc1. The molecule has 1 aromatic heterocycles. The van der Waals surface area contributed by atoms with Gasteiger partial charge in [0.05, 0.1) is 0 Å². The first kappa shape index (κ1) is 26.1. The summed E-state index contributed by atoms with van der Waals surface area (Å²) in [5.41, 5.74) is 16.7. The molecule has 10 rings (SSSR count). The maximum atomic E-state index is 6.40. The van der Waals surface area contributed by atoms with Crippen molar-refractivity contribution < 1.29 is 4.42 Å². The quantitative estimate of drug-likeness (QED) is 0.197. The van der Waals surface area contributed by atoms with Crippen molar-refractivity contribution >= 4 is 32.7 Å². The molecule has 218 valence electrons. The molecule has 0 atom stereocenters. The van der Waals surface area contributed by atoms with E-state index in [4.69, 9.17) is 4.42 Å². The molecule has 47 heavy (non-hydrogen) atoms. The Balaban J connectivity index is 1.24. The average molecular weight is 597 g/mol. The smallest absolute Gasteiger partial charge is 0.143 e. The number of benzene rings is 8. The van der Waals surface area contributed by atoms with Gasteiger partial charge >= 0.3 is 0 Å². The molecule has 0 spiro atoms. The molecule has 0 saturated carbocycles. The van der Waals surface area contributed by atoms with Gasteiger partial charge in [0.2, 0.25) is 0 Å². The first-order valence-corrected chi connectivity index (χ1v) is 16.2. The monoisotopic (exact) mass is 596 g/mol. The van der Waals surface area contributed by atoms with Gasteiger partial charge in [-0.1, -0.05) is 158 Å². The van der Waals surface area contributed by atoms with Crippen LogP contribution < -0.4 is 0 Å². The van der Waals surface area contributed by atoms with Crippen molar-refractivity contribution in [2.75, 3.05) is 0 Å². The van der Waals surface area contributed by atoms with E-state index in [1.807, 2.05) is 12.1 Å². The summed E-state index contributed by atoms with van der Waals surface area (Å²) in [5, 5.41) is 4.91. The molecule has 0 bridgehead atoms. The second kappa shape index (κ2) is 10.2. The summed E-state index contributed by atoms with van der Waals surface area (Å²) in [6.07, 6.45) is 0. The second-order valence-corrected chi connectivity index (χ2v) is 12.4. The molecule has 0 fully saturated rings. The lowest BCUT2D eigenvalue weighted by Gasteiger charge is -2.21. The molecule has 1 nitrogen and oxygen atoms in total. The number of furan rings is 1. The third kappa shape index (κ3) is 3.90. The van der Waals surface area contributed by atoms with Gasteiger partial charge in [-0.2, -0.15) is 0 Å². The highest BCUT2D eigenvalue weighted by Crippen LogP contribution is 2.57. The Bertz CT molecular complexity index is 2640. The molecule has 0 N–H and O–H groups in total. The fourth-order valence-electron chi connectivity index (χ4n) is 7.77. The number of rotatable bonds is 4. The molecule has 0 aliphatic heterocycles. The third-order valence-corrected chi connectivity index (χ3v) is 9.83. The second-order valence-electron chi connectivity index (χ2n) is 12.4. The molecular weight excluding hydrogens is 569 g/mol. The van der Waals surface area contributed by atoms with Crippen LogP contribution in [0.5, 0.6) is 0 Å². The maximum Gasteiger partial charge on any atom is 0.143 e. The normalized spacial score (nSPS) is 11.8. The zero-order valence-electron chi connectivity index (χ0n) is 25.6. The van der Waals surface area contributed by atoms with E-state index in [0.717, 1.165) is 33.1 Å².